The Bertz CT molecular complexity index is 986. The van der Waals surface area contributed by atoms with Crippen LogP contribution in [-0.2, 0) is 14.9 Å². The number of hydrogen-bond donors (Lipinski definition) is 1. The third kappa shape index (κ3) is 7.06. The second-order valence-corrected chi connectivity index (χ2v) is 8.68. The molecule has 0 aliphatic rings. The van der Waals surface area contributed by atoms with Crippen molar-refractivity contribution < 1.29 is 19.2 Å². The van der Waals surface area contributed by atoms with Gasteiger partial charge in [0.15, 0.2) is 0 Å². The SMILES string of the molecule is CC(C)COC(=O)/C(=C\c1cccc([N+](=O)[O-])c1)NC(=O)c1ccc(C(C)(C)C)cc1. The molecule has 2 aromatic carbocycles. The van der Waals surface area contributed by atoms with Crippen LogP contribution in [0.5, 0.6) is 0 Å². The Balaban J connectivity index is 2.32. The predicted molar refractivity (Wildman–Crippen MR) is 119 cm³/mol. The molecule has 31 heavy (non-hydrogen) atoms. The normalized spacial score (nSPS) is 11.9. The van der Waals surface area contributed by atoms with Gasteiger partial charge in [-0.05, 0) is 40.7 Å². The molecule has 0 aliphatic carbocycles. The van der Waals surface area contributed by atoms with Crippen LogP contribution >= 0.6 is 0 Å². The van der Waals surface area contributed by atoms with Crippen molar-refractivity contribution in [3.8, 4) is 0 Å². The molecular weight excluding hydrogens is 396 g/mol. The van der Waals surface area contributed by atoms with Gasteiger partial charge in [-0.3, -0.25) is 14.9 Å². The molecule has 0 radical (unpaired) electrons. The molecule has 0 bridgehead atoms. The first kappa shape index (κ1) is 23.8. The highest BCUT2D eigenvalue weighted by Gasteiger charge is 2.19. The summed E-state index contributed by atoms with van der Waals surface area (Å²) in [4.78, 5) is 35.9. The first-order chi connectivity index (χ1) is 14.5. The van der Waals surface area contributed by atoms with E-state index in [1.807, 2.05) is 26.0 Å². The van der Waals surface area contributed by atoms with E-state index in [1.165, 1.54) is 24.3 Å². The zero-order chi connectivity index (χ0) is 23.2. The lowest BCUT2D eigenvalue weighted by atomic mass is 9.87. The van der Waals surface area contributed by atoms with Gasteiger partial charge in [-0.1, -0.05) is 58.9 Å². The average molecular weight is 424 g/mol. The van der Waals surface area contributed by atoms with Gasteiger partial charge in [-0.25, -0.2) is 4.79 Å². The lowest BCUT2D eigenvalue weighted by molar-refractivity contribution is -0.384. The number of esters is 1. The van der Waals surface area contributed by atoms with E-state index in [-0.39, 0.29) is 29.3 Å². The van der Waals surface area contributed by atoms with E-state index in [0.717, 1.165) is 5.56 Å². The Kier molecular flexibility index (Phi) is 7.69. The summed E-state index contributed by atoms with van der Waals surface area (Å²) in [7, 11) is 0. The number of benzene rings is 2. The van der Waals surface area contributed by atoms with Crippen LogP contribution in [0.4, 0.5) is 5.69 Å². The Hall–Kier alpha value is -3.48. The van der Waals surface area contributed by atoms with Gasteiger partial charge in [0.05, 0.1) is 11.5 Å². The topological polar surface area (TPSA) is 98.5 Å². The van der Waals surface area contributed by atoms with Crippen LogP contribution in [0.15, 0.2) is 54.2 Å². The number of amides is 1. The number of nitrogens with one attached hydrogen (secondary N) is 1. The van der Waals surface area contributed by atoms with Gasteiger partial charge in [-0.2, -0.15) is 0 Å². The number of rotatable bonds is 7. The van der Waals surface area contributed by atoms with E-state index < -0.39 is 16.8 Å². The minimum atomic E-state index is -0.708. The van der Waals surface area contributed by atoms with Crippen molar-refractivity contribution in [1.29, 1.82) is 0 Å². The molecular formula is C24H28N2O5. The fraction of sp³-hybridized carbons (Fsp3) is 0.333. The fourth-order valence-electron chi connectivity index (χ4n) is 2.68. The monoisotopic (exact) mass is 424 g/mol. The molecule has 2 aromatic rings. The maximum atomic E-state index is 12.8. The molecule has 7 heteroatoms. The first-order valence-corrected chi connectivity index (χ1v) is 10.0. The van der Waals surface area contributed by atoms with E-state index >= 15 is 0 Å². The number of nitrogens with zero attached hydrogens (tertiary/aromatic N) is 1. The maximum absolute atomic E-state index is 12.8. The third-order valence-electron chi connectivity index (χ3n) is 4.42. The summed E-state index contributed by atoms with van der Waals surface area (Å²) in [5.41, 5.74) is 1.60. The molecule has 0 aliphatic heterocycles. The van der Waals surface area contributed by atoms with E-state index in [0.29, 0.717) is 11.1 Å². The van der Waals surface area contributed by atoms with Crippen LogP contribution in [0.2, 0.25) is 0 Å². The van der Waals surface area contributed by atoms with Gasteiger partial charge in [0, 0.05) is 17.7 Å². The third-order valence-corrected chi connectivity index (χ3v) is 4.42. The quantitative estimate of drug-likeness (QED) is 0.296. The van der Waals surface area contributed by atoms with Gasteiger partial charge < -0.3 is 10.1 Å². The van der Waals surface area contributed by atoms with Crippen LogP contribution in [-0.4, -0.2) is 23.4 Å². The molecule has 0 heterocycles. The van der Waals surface area contributed by atoms with Crippen LogP contribution in [0.25, 0.3) is 6.08 Å². The maximum Gasteiger partial charge on any atom is 0.354 e. The summed E-state index contributed by atoms with van der Waals surface area (Å²) in [5, 5.41) is 13.6. The Morgan fingerprint density at radius 2 is 1.77 bits per heavy atom. The van der Waals surface area contributed by atoms with Crippen molar-refractivity contribution in [3.05, 3.63) is 81.0 Å². The van der Waals surface area contributed by atoms with Crippen molar-refractivity contribution in [2.24, 2.45) is 5.92 Å². The molecule has 0 unspecified atom stereocenters. The molecule has 0 saturated heterocycles. The van der Waals surface area contributed by atoms with Crippen molar-refractivity contribution in [2.75, 3.05) is 6.61 Å². The first-order valence-electron chi connectivity index (χ1n) is 10.0. The van der Waals surface area contributed by atoms with Crippen molar-refractivity contribution >= 4 is 23.6 Å². The number of hydrogen-bond acceptors (Lipinski definition) is 5. The summed E-state index contributed by atoms with van der Waals surface area (Å²) in [6.45, 7) is 10.2. The summed E-state index contributed by atoms with van der Waals surface area (Å²) in [6, 6.07) is 12.9. The van der Waals surface area contributed by atoms with Crippen LogP contribution in [0.3, 0.4) is 0 Å². The molecule has 0 fully saturated rings. The molecule has 7 nitrogen and oxygen atoms in total. The average Bonchev–Trinajstić information content (AvgIpc) is 2.71. The van der Waals surface area contributed by atoms with Crippen molar-refractivity contribution in [2.45, 2.75) is 40.0 Å². The number of nitro benzene ring substituents is 1. The zero-order valence-corrected chi connectivity index (χ0v) is 18.5. The van der Waals surface area contributed by atoms with Gasteiger partial charge >= 0.3 is 5.97 Å². The van der Waals surface area contributed by atoms with E-state index in [9.17, 15) is 19.7 Å². The Morgan fingerprint density at radius 3 is 2.32 bits per heavy atom. The lowest BCUT2D eigenvalue weighted by Gasteiger charge is -2.19. The Labute approximate surface area is 182 Å². The molecule has 0 aromatic heterocycles. The molecule has 0 spiro atoms. The van der Waals surface area contributed by atoms with Gasteiger partial charge in [-0.15, -0.1) is 0 Å². The number of carbonyl (C=O) groups is 2. The molecule has 1 amide bonds. The van der Waals surface area contributed by atoms with E-state index in [4.69, 9.17) is 4.74 Å². The van der Waals surface area contributed by atoms with Crippen molar-refractivity contribution in [3.63, 3.8) is 0 Å². The summed E-state index contributed by atoms with van der Waals surface area (Å²) in [6.07, 6.45) is 1.37. The Morgan fingerprint density at radius 1 is 1.13 bits per heavy atom. The van der Waals surface area contributed by atoms with E-state index in [2.05, 4.69) is 26.1 Å². The number of non-ortho nitro benzene ring substituents is 1. The minimum absolute atomic E-state index is 0.0528. The molecule has 0 saturated carbocycles. The number of ether oxygens (including phenoxy) is 1. The summed E-state index contributed by atoms with van der Waals surface area (Å²) in [5.74, 6) is -1.07. The van der Waals surface area contributed by atoms with Gasteiger partial charge in [0.25, 0.3) is 11.6 Å². The standard InChI is InChI=1S/C24H28N2O5/c1-16(2)15-31-23(28)21(14-17-7-6-8-20(13-17)26(29)30)25-22(27)18-9-11-19(12-10-18)24(3,4)5/h6-14,16H,15H2,1-5H3,(H,25,27)/b21-14+. The van der Waals surface area contributed by atoms with Crippen LogP contribution in [0.1, 0.15) is 56.1 Å². The lowest BCUT2D eigenvalue weighted by Crippen LogP contribution is -2.29. The van der Waals surface area contributed by atoms with Crippen molar-refractivity contribution in [1.82, 2.24) is 5.32 Å². The highest BCUT2D eigenvalue weighted by Crippen LogP contribution is 2.22. The van der Waals surface area contributed by atoms with Crippen LogP contribution < -0.4 is 5.32 Å². The minimum Gasteiger partial charge on any atom is -0.461 e. The zero-order valence-electron chi connectivity index (χ0n) is 18.5. The van der Waals surface area contributed by atoms with E-state index in [1.54, 1.807) is 18.2 Å². The fourth-order valence-corrected chi connectivity index (χ4v) is 2.68. The summed E-state index contributed by atoms with van der Waals surface area (Å²) < 4.78 is 5.26. The molecule has 164 valence electrons. The molecule has 0 atom stereocenters. The number of carbonyl (C=O) groups excluding carboxylic acids is 2. The largest absolute Gasteiger partial charge is 0.461 e. The highest BCUT2D eigenvalue weighted by atomic mass is 16.6. The highest BCUT2D eigenvalue weighted by molar-refractivity contribution is 6.03. The van der Waals surface area contributed by atoms with Gasteiger partial charge in [0.1, 0.15) is 5.70 Å². The predicted octanol–water partition coefficient (Wildman–Crippen LogP) is 4.86. The van der Waals surface area contributed by atoms with Gasteiger partial charge in [0.2, 0.25) is 0 Å². The molecule has 1 N–H and O–H groups in total. The van der Waals surface area contributed by atoms with Crippen LogP contribution in [0, 0.1) is 16.0 Å². The summed E-state index contributed by atoms with van der Waals surface area (Å²) >= 11 is 0. The second kappa shape index (κ2) is 10.0. The smallest absolute Gasteiger partial charge is 0.354 e. The molecule has 2 rings (SSSR count). The number of nitro groups is 1. The second-order valence-electron chi connectivity index (χ2n) is 8.68.